The van der Waals surface area contributed by atoms with Crippen molar-refractivity contribution in [2.45, 2.75) is 31.3 Å². The molecular weight excluding hydrogens is 308 g/mol. The molecule has 0 aromatic heterocycles. The number of benzene rings is 2. The Morgan fingerprint density at radius 2 is 1.60 bits per heavy atom. The Labute approximate surface area is 150 Å². The molecule has 3 aliphatic heterocycles. The van der Waals surface area contributed by atoms with Crippen molar-refractivity contribution in [1.29, 1.82) is 0 Å². The molecular formula is C22H26N2O. The fraction of sp³-hybridized carbons (Fsp3) is 0.455. The lowest BCUT2D eigenvalue weighted by molar-refractivity contribution is 0.00839. The van der Waals surface area contributed by atoms with Crippen molar-refractivity contribution in [3.05, 3.63) is 65.2 Å². The number of para-hydroxylation sites is 1. The maximum absolute atomic E-state index is 5.57. The summed E-state index contributed by atoms with van der Waals surface area (Å²) >= 11 is 0. The van der Waals surface area contributed by atoms with Crippen molar-refractivity contribution in [3.63, 3.8) is 0 Å². The SMILES string of the molecule is c1ccc2c(c1)Cc1ccccc1N1CCC(N3CCOCC3)CC21. The molecule has 0 amide bonds. The van der Waals surface area contributed by atoms with Gasteiger partial charge in [0, 0.05) is 31.4 Å². The number of morpholine rings is 1. The third-order valence-electron chi connectivity index (χ3n) is 6.23. The second-order valence-electron chi connectivity index (χ2n) is 7.54. The summed E-state index contributed by atoms with van der Waals surface area (Å²) in [6, 6.07) is 19.3. The number of anilines is 1. The molecule has 2 saturated heterocycles. The predicted octanol–water partition coefficient (Wildman–Crippen LogP) is 3.63. The van der Waals surface area contributed by atoms with Crippen LogP contribution in [0.2, 0.25) is 0 Å². The minimum Gasteiger partial charge on any atom is -0.379 e. The molecule has 2 aromatic carbocycles. The van der Waals surface area contributed by atoms with E-state index in [9.17, 15) is 0 Å². The molecule has 5 rings (SSSR count). The number of rotatable bonds is 1. The van der Waals surface area contributed by atoms with E-state index < -0.39 is 0 Å². The van der Waals surface area contributed by atoms with Gasteiger partial charge in [-0.2, -0.15) is 0 Å². The van der Waals surface area contributed by atoms with Gasteiger partial charge in [0.25, 0.3) is 0 Å². The van der Waals surface area contributed by atoms with Crippen LogP contribution in [0.1, 0.15) is 35.6 Å². The molecule has 0 saturated carbocycles. The van der Waals surface area contributed by atoms with Crippen LogP contribution >= 0.6 is 0 Å². The first-order valence-electron chi connectivity index (χ1n) is 9.64. The Bertz CT molecular complexity index is 753. The molecule has 2 atom stereocenters. The fourth-order valence-electron chi connectivity index (χ4n) is 4.97. The van der Waals surface area contributed by atoms with Gasteiger partial charge in [-0.3, -0.25) is 4.90 Å². The molecule has 3 nitrogen and oxygen atoms in total. The Morgan fingerprint density at radius 1 is 0.840 bits per heavy atom. The van der Waals surface area contributed by atoms with E-state index in [-0.39, 0.29) is 0 Å². The zero-order valence-corrected chi connectivity index (χ0v) is 14.7. The standard InChI is InChI=1S/C22H26N2O/c1-3-7-20-17(5-1)15-18-6-2-4-8-21(18)24-10-9-19(16-22(20)24)23-11-13-25-14-12-23/h1-8,19,22H,9-16H2. The van der Waals surface area contributed by atoms with Crippen LogP contribution in [-0.2, 0) is 11.2 Å². The third kappa shape index (κ3) is 2.76. The molecule has 2 fully saturated rings. The van der Waals surface area contributed by atoms with Crippen LogP contribution in [0.15, 0.2) is 48.5 Å². The van der Waals surface area contributed by atoms with Crippen LogP contribution in [0.5, 0.6) is 0 Å². The van der Waals surface area contributed by atoms with Crippen molar-refractivity contribution in [2.75, 3.05) is 37.7 Å². The van der Waals surface area contributed by atoms with Crippen LogP contribution < -0.4 is 4.90 Å². The summed E-state index contributed by atoms with van der Waals surface area (Å²) in [7, 11) is 0. The zero-order chi connectivity index (χ0) is 16.6. The quantitative estimate of drug-likeness (QED) is 0.792. The average Bonchev–Trinajstić information content (AvgIpc) is 2.83. The number of piperidine rings is 1. The van der Waals surface area contributed by atoms with Crippen LogP contribution in [0.4, 0.5) is 5.69 Å². The minimum absolute atomic E-state index is 0.501. The summed E-state index contributed by atoms with van der Waals surface area (Å²) in [6.07, 6.45) is 3.54. The lowest BCUT2D eigenvalue weighted by Crippen LogP contribution is -2.50. The largest absolute Gasteiger partial charge is 0.379 e. The Hall–Kier alpha value is -1.84. The van der Waals surface area contributed by atoms with E-state index in [1.165, 1.54) is 35.2 Å². The smallest absolute Gasteiger partial charge is 0.0594 e. The van der Waals surface area contributed by atoms with Gasteiger partial charge >= 0.3 is 0 Å². The van der Waals surface area contributed by atoms with E-state index in [2.05, 4.69) is 58.3 Å². The lowest BCUT2D eigenvalue weighted by Gasteiger charge is -2.45. The van der Waals surface area contributed by atoms with E-state index in [1.807, 2.05) is 0 Å². The van der Waals surface area contributed by atoms with Crippen LogP contribution in [0.25, 0.3) is 0 Å². The van der Waals surface area contributed by atoms with Gasteiger partial charge in [-0.05, 0) is 42.0 Å². The molecule has 0 bridgehead atoms. The van der Waals surface area contributed by atoms with Crippen LogP contribution in [0, 0.1) is 0 Å². The number of nitrogens with zero attached hydrogens (tertiary/aromatic N) is 2. The minimum atomic E-state index is 0.501. The highest BCUT2D eigenvalue weighted by molar-refractivity contribution is 5.60. The Balaban J connectivity index is 1.52. The van der Waals surface area contributed by atoms with Gasteiger partial charge in [0.15, 0.2) is 0 Å². The molecule has 3 aliphatic rings. The molecule has 0 aliphatic carbocycles. The van der Waals surface area contributed by atoms with Crippen molar-refractivity contribution < 1.29 is 4.74 Å². The van der Waals surface area contributed by atoms with Crippen molar-refractivity contribution in [3.8, 4) is 0 Å². The normalized spacial score (nSPS) is 26.3. The summed E-state index contributed by atoms with van der Waals surface area (Å²) in [5, 5.41) is 0. The maximum Gasteiger partial charge on any atom is 0.0594 e. The highest BCUT2D eigenvalue weighted by Gasteiger charge is 2.36. The van der Waals surface area contributed by atoms with Gasteiger partial charge in [-0.25, -0.2) is 0 Å². The molecule has 3 heterocycles. The fourth-order valence-corrected chi connectivity index (χ4v) is 4.97. The molecule has 0 radical (unpaired) electrons. The van der Waals surface area contributed by atoms with Gasteiger partial charge in [-0.15, -0.1) is 0 Å². The number of hydrogen-bond donors (Lipinski definition) is 0. The topological polar surface area (TPSA) is 15.7 Å². The van der Waals surface area contributed by atoms with Crippen molar-refractivity contribution >= 4 is 5.69 Å². The van der Waals surface area contributed by atoms with Crippen molar-refractivity contribution in [2.24, 2.45) is 0 Å². The first-order chi connectivity index (χ1) is 12.4. The maximum atomic E-state index is 5.57. The Kier molecular flexibility index (Phi) is 3.99. The highest BCUT2D eigenvalue weighted by atomic mass is 16.5. The summed E-state index contributed by atoms with van der Waals surface area (Å²) in [6.45, 7) is 5.12. The van der Waals surface area contributed by atoms with Crippen molar-refractivity contribution in [1.82, 2.24) is 4.90 Å². The Morgan fingerprint density at radius 3 is 2.48 bits per heavy atom. The molecule has 2 aromatic rings. The summed E-state index contributed by atoms with van der Waals surface area (Å²) < 4.78 is 5.57. The van der Waals surface area contributed by atoms with Gasteiger partial charge in [0.2, 0.25) is 0 Å². The third-order valence-corrected chi connectivity index (χ3v) is 6.23. The van der Waals surface area contributed by atoms with Gasteiger partial charge in [-0.1, -0.05) is 42.5 Å². The summed E-state index contributed by atoms with van der Waals surface area (Å²) in [5.41, 5.74) is 5.97. The molecule has 2 unspecified atom stereocenters. The molecule has 130 valence electrons. The first kappa shape index (κ1) is 15.4. The number of fused-ring (bicyclic) bond motifs is 5. The molecule has 0 N–H and O–H groups in total. The van der Waals surface area contributed by atoms with Gasteiger partial charge in [0.1, 0.15) is 0 Å². The molecule has 0 spiro atoms. The van der Waals surface area contributed by atoms with E-state index in [1.54, 1.807) is 0 Å². The average molecular weight is 334 g/mol. The van der Waals surface area contributed by atoms with E-state index in [0.717, 1.165) is 39.3 Å². The zero-order valence-electron chi connectivity index (χ0n) is 14.7. The summed E-state index contributed by atoms with van der Waals surface area (Å²) in [4.78, 5) is 5.35. The van der Waals surface area contributed by atoms with Crippen LogP contribution in [-0.4, -0.2) is 43.8 Å². The predicted molar refractivity (Wildman–Crippen MR) is 101 cm³/mol. The highest BCUT2D eigenvalue weighted by Crippen LogP contribution is 2.42. The molecule has 3 heteroatoms. The second-order valence-corrected chi connectivity index (χ2v) is 7.54. The monoisotopic (exact) mass is 334 g/mol. The first-order valence-corrected chi connectivity index (χ1v) is 9.64. The van der Waals surface area contributed by atoms with E-state index in [4.69, 9.17) is 4.74 Å². The van der Waals surface area contributed by atoms with E-state index in [0.29, 0.717) is 12.1 Å². The lowest BCUT2D eigenvalue weighted by atomic mass is 9.88. The number of hydrogen-bond acceptors (Lipinski definition) is 3. The van der Waals surface area contributed by atoms with Crippen LogP contribution in [0.3, 0.4) is 0 Å². The second kappa shape index (κ2) is 6.47. The van der Waals surface area contributed by atoms with E-state index >= 15 is 0 Å². The summed E-state index contributed by atoms with van der Waals surface area (Å²) in [5.74, 6) is 0. The number of ether oxygens (including phenoxy) is 1. The molecule has 25 heavy (non-hydrogen) atoms. The van der Waals surface area contributed by atoms with Gasteiger partial charge in [0.05, 0.1) is 19.3 Å². The van der Waals surface area contributed by atoms with Gasteiger partial charge < -0.3 is 9.64 Å².